The number of ether oxygens (including phenoxy) is 3. The lowest BCUT2D eigenvalue weighted by atomic mass is 9.33. The SMILES string of the molecule is [2H]c1c([2H])c([2H])c(-c2cccc(-c3c([2H])c([2H])c([2H])c([2H])c3[2H])c2-[n+]2[c-]n(-c3cccc(Oc4cc5c6c(c4)N(c4cccc(C(C)(C)C)c4)c4cccc7c4B6c4c(cccc4O5)O7)c3)c3ccccc32)c([2H])c1[2H]. The van der Waals surface area contributed by atoms with Crippen molar-refractivity contribution in [2.45, 2.75) is 26.2 Å². The summed E-state index contributed by atoms with van der Waals surface area (Å²) in [6.07, 6.45) is 3.47. The summed E-state index contributed by atoms with van der Waals surface area (Å²) in [6.45, 7) is 6.44. The summed E-state index contributed by atoms with van der Waals surface area (Å²) >= 11 is 0. The molecule has 0 spiro atoms. The molecule has 0 radical (unpaired) electrons. The molecule has 6 nitrogen and oxygen atoms in total. The molecule has 0 amide bonds. The second-order valence-electron chi connectivity index (χ2n) is 17.5. The Balaban J connectivity index is 0.982. The van der Waals surface area contributed by atoms with Crippen molar-refractivity contribution in [3.8, 4) is 68.1 Å². The van der Waals surface area contributed by atoms with Gasteiger partial charge < -0.3 is 19.1 Å². The maximum Gasteiger partial charge on any atom is 0.269 e. The molecule has 0 atom stereocenters. The van der Waals surface area contributed by atoms with Crippen LogP contribution in [0.15, 0.2) is 200 Å². The Morgan fingerprint density at radius 1 is 0.561 bits per heavy atom. The highest BCUT2D eigenvalue weighted by molar-refractivity contribution is 7.00. The fraction of sp³-hybridized carbons (Fsp3) is 0.0678. The highest BCUT2D eigenvalue weighted by Gasteiger charge is 2.47. The molecule has 10 aromatic rings. The monoisotopic (exact) mass is 861 g/mol. The Hall–Kier alpha value is -8.29. The van der Waals surface area contributed by atoms with Crippen molar-refractivity contribution in [3.05, 3.63) is 212 Å². The van der Waals surface area contributed by atoms with E-state index in [1.54, 1.807) is 27.3 Å². The van der Waals surface area contributed by atoms with Gasteiger partial charge >= 0.3 is 0 Å². The molecule has 3 aliphatic rings. The lowest BCUT2D eigenvalue weighted by Gasteiger charge is -2.43. The van der Waals surface area contributed by atoms with Crippen LogP contribution in [0.5, 0.6) is 34.5 Å². The minimum atomic E-state index is -0.572. The van der Waals surface area contributed by atoms with E-state index in [0.29, 0.717) is 39.7 Å². The Bertz CT molecular complexity index is 4050. The van der Waals surface area contributed by atoms with Gasteiger partial charge in [-0.25, -0.2) is 0 Å². The Kier molecular flexibility index (Phi) is 6.47. The molecule has 0 fully saturated rings. The summed E-state index contributed by atoms with van der Waals surface area (Å²) in [7, 11) is 0. The summed E-state index contributed by atoms with van der Waals surface area (Å²) in [5.41, 5.74) is 8.93. The number of rotatable bonds is 7. The molecule has 66 heavy (non-hydrogen) atoms. The van der Waals surface area contributed by atoms with Gasteiger partial charge in [-0.1, -0.05) is 154 Å². The predicted molar refractivity (Wildman–Crippen MR) is 266 cm³/mol. The van der Waals surface area contributed by atoms with Crippen LogP contribution in [0, 0.1) is 6.33 Å². The van der Waals surface area contributed by atoms with E-state index in [1.807, 2.05) is 84.9 Å². The van der Waals surface area contributed by atoms with Crippen LogP contribution >= 0.6 is 0 Å². The number of nitrogens with zero attached hydrogens (tertiary/aromatic N) is 3. The van der Waals surface area contributed by atoms with Gasteiger partial charge in [-0.05, 0) is 98.8 Å². The standard InChI is InChI=1S/C59H42BN3O3/c1-59(2,3)40-21-12-23-42(33-40)63-49-29-15-30-51-55(49)60-56-50(63)35-44(36-54(56)66-53-32-16-31-52(65-51)57(53)60)64-43-24-13-22-41(34-43)61-37-62(48-28-11-10-27-47(48)61)58-45(38-17-6-4-7-18-38)25-14-26-46(58)39-19-8-5-9-20-39/h4-36H,1-3H3/i4D,5D,6D,7D,8D,9D,17D,18D,19D,20D. The lowest BCUT2D eigenvalue weighted by Crippen LogP contribution is -2.61. The van der Waals surface area contributed by atoms with E-state index in [-0.39, 0.29) is 40.1 Å². The molecule has 4 heterocycles. The van der Waals surface area contributed by atoms with E-state index in [1.165, 1.54) is 5.56 Å². The van der Waals surface area contributed by atoms with Crippen LogP contribution in [0.4, 0.5) is 17.1 Å². The van der Waals surface area contributed by atoms with E-state index < -0.39 is 60.4 Å². The topological polar surface area (TPSA) is 39.7 Å². The number of anilines is 3. The van der Waals surface area contributed by atoms with Gasteiger partial charge in [0.05, 0.1) is 36.1 Å². The van der Waals surface area contributed by atoms with Gasteiger partial charge in [-0.3, -0.25) is 9.13 Å². The zero-order valence-electron chi connectivity index (χ0n) is 45.9. The molecule has 0 N–H and O–H groups in total. The Morgan fingerprint density at radius 3 is 1.92 bits per heavy atom. The van der Waals surface area contributed by atoms with E-state index >= 15 is 0 Å². The van der Waals surface area contributed by atoms with Crippen molar-refractivity contribution in [3.63, 3.8) is 0 Å². The molecule has 0 unspecified atom stereocenters. The second-order valence-corrected chi connectivity index (χ2v) is 17.5. The van der Waals surface area contributed by atoms with Gasteiger partial charge in [-0.2, -0.15) is 0 Å². The first-order valence-corrected chi connectivity index (χ1v) is 21.7. The molecular formula is C59H42BN3O3. The molecule has 0 saturated carbocycles. The molecule has 0 aliphatic carbocycles. The lowest BCUT2D eigenvalue weighted by molar-refractivity contribution is -0.571. The molecule has 7 heteroatoms. The molecule has 0 bridgehead atoms. The van der Waals surface area contributed by atoms with Gasteiger partial charge in [-0.15, -0.1) is 0 Å². The third kappa shape index (κ3) is 6.00. The van der Waals surface area contributed by atoms with Crippen LogP contribution in [-0.4, -0.2) is 11.3 Å². The first kappa shape index (κ1) is 29.2. The van der Waals surface area contributed by atoms with Crippen LogP contribution in [0.25, 0.3) is 44.7 Å². The van der Waals surface area contributed by atoms with Gasteiger partial charge in [0.2, 0.25) is 0 Å². The normalized spacial score (nSPS) is 15.1. The average molecular weight is 862 g/mol. The molecule has 9 aromatic carbocycles. The van der Waals surface area contributed by atoms with Crippen LogP contribution in [0.3, 0.4) is 0 Å². The molecule has 0 saturated heterocycles. The zero-order chi connectivity index (χ0) is 52.8. The summed E-state index contributed by atoms with van der Waals surface area (Å²) in [5.74, 6) is 3.89. The molecule has 314 valence electrons. The van der Waals surface area contributed by atoms with Gasteiger partial charge in [0.1, 0.15) is 34.5 Å². The highest BCUT2D eigenvalue weighted by Crippen LogP contribution is 2.48. The fourth-order valence-electron chi connectivity index (χ4n) is 9.68. The maximum atomic E-state index is 9.07. The zero-order valence-corrected chi connectivity index (χ0v) is 35.9. The minimum Gasteiger partial charge on any atom is -0.458 e. The summed E-state index contributed by atoms with van der Waals surface area (Å²) in [5, 5.41) is 0. The Morgan fingerprint density at radius 2 is 1.18 bits per heavy atom. The van der Waals surface area contributed by atoms with Gasteiger partial charge in [0, 0.05) is 34.7 Å². The smallest absolute Gasteiger partial charge is 0.269 e. The van der Waals surface area contributed by atoms with Gasteiger partial charge in [0.15, 0.2) is 0 Å². The largest absolute Gasteiger partial charge is 0.458 e. The van der Waals surface area contributed by atoms with Crippen molar-refractivity contribution >= 4 is 51.2 Å². The van der Waals surface area contributed by atoms with Crippen molar-refractivity contribution in [1.82, 2.24) is 4.57 Å². The summed E-state index contributed by atoms with van der Waals surface area (Å²) in [6, 6.07) is 39.0. The van der Waals surface area contributed by atoms with Crippen molar-refractivity contribution in [2.24, 2.45) is 0 Å². The number of imidazole rings is 1. The summed E-state index contributed by atoms with van der Waals surface area (Å²) < 4.78 is 111. The van der Waals surface area contributed by atoms with Crippen molar-refractivity contribution < 1.29 is 32.5 Å². The molecule has 13 rings (SSSR count). The number of fused-ring (bicyclic) bond motifs is 1. The maximum absolute atomic E-state index is 9.07. The van der Waals surface area contributed by atoms with Crippen molar-refractivity contribution in [2.75, 3.05) is 4.90 Å². The number of hydrogen-bond acceptors (Lipinski definition) is 4. The predicted octanol–water partition coefficient (Wildman–Crippen LogP) is 12.6. The summed E-state index contributed by atoms with van der Waals surface area (Å²) in [4.78, 5) is 2.26. The quantitative estimate of drug-likeness (QED) is 0.0909. The number of para-hydroxylation sites is 3. The average Bonchev–Trinajstić information content (AvgIpc) is 3.83. The first-order valence-electron chi connectivity index (χ1n) is 26.7. The molecular weight excluding hydrogens is 809 g/mol. The third-order valence-corrected chi connectivity index (χ3v) is 12.6. The number of benzene rings is 9. The van der Waals surface area contributed by atoms with Crippen LogP contribution < -0.4 is 40.1 Å². The first-order chi connectivity index (χ1) is 36.5. The Labute approximate surface area is 398 Å². The highest BCUT2D eigenvalue weighted by atomic mass is 16.5. The molecule has 1 aromatic heterocycles. The van der Waals surface area contributed by atoms with E-state index in [2.05, 4.69) is 68.4 Å². The fourth-order valence-corrected chi connectivity index (χ4v) is 9.68. The van der Waals surface area contributed by atoms with Gasteiger partial charge in [0.25, 0.3) is 13.0 Å². The van der Waals surface area contributed by atoms with Crippen molar-refractivity contribution in [1.29, 1.82) is 0 Å². The van der Waals surface area contributed by atoms with E-state index in [9.17, 15) is 0 Å². The second kappa shape index (κ2) is 14.6. The minimum absolute atomic E-state index is 0.123. The van der Waals surface area contributed by atoms with Crippen LogP contribution in [-0.2, 0) is 5.41 Å². The molecule has 3 aliphatic heterocycles. The van der Waals surface area contributed by atoms with Crippen LogP contribution in [0.2, 0.25) is 0 Å². The number of aromatic nitrogens is 2. The number of hydrogen-bond donors (Lipinski definition) is 0. The van der Waals surface area contributed by atoms with E-state index in [0.717, 1.165) is 44.9 Å². The third-order valence-electron chi connectivity index (χ3n) is 12.6. The van der Waals surface area contributed by atoms with Crippen LogP contribution in [0.1, 0.15) is 40.0 Å². The van der Waals surface area contributed by atoms with E-state index in [4.69, 9.17) is 27.9 Å².